The smallest absolute Gasteiger partial charge is 0.231 e. The number of hydrogen-bond acceptors (Lipinski definition) is 7. The van der Waals surface area contributed by atoms with Crippen LogP contribution in [0.1, 0.15) is 43.1 Å². The average Bonchev–Trinajstić information content (AvgIpc) is 3.22. The highest BCUT2D eigenvalue weighted by molar-refractivity contribution is 5.90. The van der Waals surface area contributed by atoms with E-state index in [1.54, 1.807) is 6.07 Å². The van der Waals surface area contributed by atoms with Crippen LogP contribution in [0.2, 0.25) is 0 Å². The van der Waals surface area contributed by atoms with Crippen molar-refractivity contribution in [2.75, 3.05) is 11.9 Å². The number of imidazole rings is 1. The van der Waals surface area contributed by atoms with Gasteiger partial charge in [0, 0.05) is 37.2 Å². The molecule has 8 nitrogen and oxygen atoms in total. The number of rotatable bonds is 7. The Morgan fingerprint density at radius 1 is 1.32 bits per heavy atom. The monoisotopic (exact) mass is 424 g/mol. The lowest BCUT2D eigenvalue weighted by Gasteiger charge is -2.16. The van der Waals surface area contributed by atoms with Crippen molar-refractivity contribution in [2.45, 2.75) is 44.9 Å². The molecule has 3 N–H and O–H groups in total. The highest BCUT2D eigenvalue weighted by Crippen LogP contribution is 2.41. The van der Waals surface area contributed by atoms with Crippen LogP contribution in [0.3, 0.4) is 0 Å². The van der Waals surface area contributed by atoms with Gasteiger partial charge in [0.2, 0.25) is 5.71 Å². The fraction of sp³-hybridized carbons (Fsp3) is 0.409. The maximum absolute atomic E-state index is 13.5. The van der Waals surface area contributed by atoms with Crippen LogP contribution < -0.4 is 10.6 Å². The van der Waals surface area contributed by atoms with Gasteiger partial charge in [0.1, 0.15) is 35.8 Å². The van der Waals surface area contributed by atoms with Crippen LogP contribution in [0.5, 0.6) is 0 Å². The summed E-state index contributed by atoms with van der Waals surface area (Å²) in [4.78, 5) is 13.1. The predicted octanol–water partition coefficient (Wildman–Crippen LogP) is 3.34. The van der Waals surface area contributed by atoms with E-state index in [1.165, 1.54) is 18.5 Å². The van der Waals surface area contributed by atoms with Gasteiger partial charge in [-0.05, 0) is 38.8 Å². The van der Waals surface area contributed by atoms with E-state index in [0.717, 1.165) is 24.2 Å². The summed E-state index contributed by atoms with van der Waals surface area (Å²) in [5.41, 5.74) is 2.61. The molecule has 0 amide bonds. The molecule has 1 atom stereocenters. The SMILES string of the molecule is Cc1oc2ncnc(NC3(C)CC3)c2c1C(O)NCCc1nc2cc(F)ccc2n1C. The number of furan rings is 1. The van der Waals surface area contributed by atoms with Crippen molar-refractivity contribution in [1.82, 2.24) is 24.8 Å². The van der Waals surface area contributed by atoms with Gasteiger partial charge in [-0.2, -0.15) is 0 Å². The molecule has 0 radical (unpaired) electrons. The molecule has 3 heterocycles. The van der Waals surface area contributed by atoms with Gasteiger partial charge in [0.05, 0.1) is 16.4 Å². The largest absolute Gasteiger partial charge is 0.442 e. The van der Waals surface area contributed by atoms with E-state index < -0.39 is 6.23 Å². The van der Waals surface area contributed by atoms with Crippen LogP contribution in [0.4, 0.5) is 10.2 Å². The Balaban J connectivity index is 1.35. The van der Waals surface area contributed by atoms with E-state index in [9.17, 15) is 9.50 Å². The van der Waals surface area contributed by atoms with Crippen molar-refractivity contribution in [3.63, 3.8) is 0 Å². The summed E-state index contributed by atoms with van der Waals surface area (Å²) in [5, 5.41) is 18.2. The second-order valence-corrected chi connectivity index (χ2v) is 8.49. The molecule has 1 aliphatic carbocycles. The maximum Gasteiger partial charge on any atom is 0.231 e. The Morgan fingerprint density at radius 3 is 2.90 bits per heavy atom. The van der Waals surface area contributed by atoms with Crippen LogP contribution >= 0.6 is 0 Å². The van der Waals surface area contributed by atoms with E-state index in [2.05, 4.69) is 32.5 Å². The molecule has 1 unspecified atom stereocenters. The van der Waals surface area contributed by atoms with E-state index in [1.807, 2.05) is 18.5 Å². The van der Waals surface area contributed by atoms with Crippen molar-refractivity contribution >= 4 is 28.0 Å². The third-order valence-electron chi connectivity index (χ3n) is 6.03. The normalized spacial score (nSPS) is 16.2. The molecule has 0 saturated heterocycles. The Morgan fingerprint density at radius 2 is 2.13 bits per heavy atom. The fourth-order valence-corrected chi connectivity index (χ4v) is 3.96. The minimum Gasteiger partial charge on any atom is -0.442 e. The minimum absolute atomic E-state index is 0.0296. The zero-order valence-corrected chi connectivity index (χ0v) is 17.7. The molecule has 162 valence electrons. The zero-order valence-electron chi connectivity index (χ0n) is 17.7. The number of aliphatic hydroxyl groups is 1. The first-order valence-electron chi connectivity index (χ1n) is 10.4. The predicted molar refractivity (Wildman–Crippen MR) is 115 cm³/mol. The number of nitrogens with one attached hydrogen (secondary N) is 2. The third kappa shape index (κ3) is 3.64. The van der Waals surface area contributed by atoms with Crippen molar-refractivity contribution in [3.8, 4) is 0 Å². The first-order chi connectivity index (χ1) is 14.8. The number of nitrogens with zero attached hydrogens (tertiary/aromatic N) is 4. The number of halogens is 1. The zero-order chi connectivity index (χ0) is 21.8. The second kappa shape index (κ2) is 7.28. The molecule has 9 heteroatoms. The highest BCUT2D eigenvalue weighted by Gasteiger charge is 2.38. The van der Waals surface area contributed by atoms with Gasteiger partial charge >= 0.3 is 0 Å². The molecular weight excluding hydrogens is 399 g/mol. The molecule has 1 aliphatic rings. The first-order valence-corrected chi connectivity index (χ1v) is 10.4. The number of aryl methyl sites for hydroxylation is 2. The molecule has 3 aromatic heterocycles. The number of anilines is 1. The Labute approximate surface area is 178 Å². The fourth-order valence-electron chi connectivity index (χ4n) is 3.96. The molecule has 1 aromatic carbocycles. The molecule has 1 saturated carbocycles. The van der Waals surface area contributed by atoms with Gasteiger partial charge in [0.25, 0.3) is 0 Å². The highest BCUT2D eigenvalue weighted by atomic mass is 19.1. The summed E-state index contributed by atoms with van der Waals surface area (Å²) >= 11 is 0. The standard InChI is InChI=1S/C22H25FN6O2/c1-12-17(18-19(28-22(2)7-8-22)25-11-26-21(18)31-12)20(30)24-9-6-16-27-14-10-13(23)4-5-15(14)29(16)3/h4-5,10-11,20,24,30H,6-9H2,1-3H3,(H,25,26,28). The summed E-state index contributed by atoms with van der Waals surface area (Å²) in [6.07, 6.45) is 3.24. The summed E-state index contributed by atoms with van der Waals surface area (Å²) in [6.45, 7) is 4.43. The summed E-state index contributed by atoms with van der Waals surface area (Å²) < 4.78 is 21.2. The molecule has 0 aliphatic heterocycles. The van der Waals surface area contributed by atoms with Gasteiger partial charge in [0.15, 0.2) is 0 Å². The van der Waals surface area contributed by atoms with Crippen LogP contribution in [-0.2, 0) is 13.5 Å². The quantitative estimate of drug-likeness (QED) is 0.391. The molecule has 4 aromatic rings. The van der Waals surface area contributed by atoms with Crippen LogP contribution in [0, 0.1) is 12.7 Å². The van der Waals surface area contributed by atoms with Gasteiger partial charge in [-0.25, -0.2) is 19.3 Å². The Kier molecular flexibility index (Phi) is 4.67. The topological polar surface area (TPSA) is 101 Å². The van der Waals surface area contributed by atoms with Gasteiger partial charge in [-0.15, -0.1) is 0 Å². The van der Waals surface area contributed by atoms with Crippen LogP contribution in [-0.4, -0.2) is 36.7 Å². The third-order valence-corrected chi connectivity index (χ3v) is 6.03. The summed E-state index contributed by atoms with van der Waals surface area (Å²) in [5.74, 6) is 1.77. The lowest BCUT2D eigenvalue weighted by Crippen LogP contribution is -2.25. The van der Waals surface area contributed by atoms with Gasteiger partial charge < -0.3 is 19.4 Å². The number of aromatic nitrogens is 4. The van der Waals surface area contributed by atoms with Crippen LogP contribution in [0.25, 0.3) is 22.1 Å². The minimum atomic E-state index is -0.952. The lowest BCUT2D eigenvalue weighted by atomic mass is 10.1. The summed E-state index contributed by atoms with van der Waals surface area (Å²) in [7, 11) is 1.90. The Bertz CT molecular complexity index is 1280. The van der Waals surface area contributed by atoms with E-state index in [-0.39, 0.29) is 11.4 Å². The number of aliphatic hydroxyl groups excluding tert-OH is 1. The van der Waals surface area contributed by atoms with Crippen molar-refractivity contribution in [2.24, 2.45) is 7.05 Å². The molecular formula is C22H25FN6O2. The van der Waals surface area contributed by atoms with Crippen molar-refractivity contribution < 1.29 is 13.9 Å². The van der Waals surface area contributed by atoms with Crippen molar-refractivity contribution in [3.05, 3.63) is 47.5 Å². The van der Waals surface area contributed by atoms with E-state index in [0.29, 0.717) is 46.7 Å². The molecule has 5 rings (SSSR count). The molecule has 0 bridgehead atoms. The van der Waals surface area contributed by atoms with E-state index in [4.69, 9.17) is 4.42 Å². The van der Waals surface area contributed by atoms with Gasteiger partial charge in [-0.1, -0.05) is 0 Å². The van der Waals surface area contributed by atoms with Gasteiger partial charge in [-0.3, -0.25) is 5.32 Å². The van der Waals surface area contributed by atoms with E-state index >= 15 is 0 Å². The number of fused-ring (bicyclic) bond motifs is 2. The molecule has 0 spiro atoms. The van der Waals surface area contributed by atoms with Crippen LogP contribution in [0.15, 0.2) is 28.9 Å². The molecule has 1 fully saturated rings. The first kappa shape index (κ1) is 19.9. The number of hydrogen-bond donors (Lipinski definition) is 3. The van der Waals surface area contributed by atoms with Crippen molar-refractivity contribution in [1.29, 1.82) is 0 Å². The lowest BCUT2D eigenvalue weighted by molar-refractivity contribution is 0.139. The summed E-state index contributed by atoms with van der Waals surface area (Å²) in [6, 6.07) is 4.58. The maximum atomic E-state index is 13.5. The molecule has 31 heavy (non-hydrogen) atoms. The average molecular weight is 424 g/mol. The Hall–Kier alpha value is -3.04. The second-order valence-electron chi connectivity index (χ2n) is 8.49. The number of benzene rings is 1.